The van der Waals surface area contributed by atoms with Crippen LogP contribution >= 0.6 is 11.6 Å². The Morgan fingerprint density at radius 2 is 1.46 bits per heavy atom. The highest BCUT2D eigenvalue weighted by atomic mass is 35.5. The molecule has 0 radical (unpaired) electrons. The standard InChI is InChI=1S/C29H28ClNO4/c1-4-34-28(32)26(29(33)35-5-2)24(19-12-10-18(3)11-13-19)25-22-8-6-7-9-23(22)31-27(25)20-14-16-21(30)17-15-20/h6-17,24,26,31H,4-5H2,1-3H3. The molecule has 1 atom stereocenters. The number of aromatic amines is 1. The first-order chi connectivity index (χ1) is 16.9. The molecule has 4 aromatic rings. The van der Waals surface area contributed by atoms with Crippen molar-refractivity contribution in [2.45, 2.75) is 26.7 Å². The van der Waals surface area contributed by atoms with Crippen molar-refractivity contribution in [1.29, 1.82) is 0 Å². The Hall–Kier alpha value is -3.57. The van der Waals surface area contributed by atoms with Crippen molar-refractivity contribution < 1.29 is 19.1 Å². The number of aryl methyl sites for hydroxylation is 1. The van der Waals surface area contributed by atoms with Crippen molar-refractivity contribution in [3.8, 4) is 11.3 Å². The number of para-hydroxylation sites is 1. The average Bonchev–Trinajstić information content (AvgIpc) is 3.23. The third-order valence-corrected chi connectivity index (χ3v) is 6.29. The van der Waals surface area contributed by atoms with Gasteiger partial charge in [0.2, 0.25) is 0 Å². The Morgan fingerprint density at radius 3 is 2.06 bits per heavy atom. The molecule has 35 heavy (non-hydrogen) atoms. The number of rotatable bonds is 8. The van der Waals surface area contributed by atoms with Gasteiger partial charge in [-0.25, -0.2) is 0 Å². The monoisotopic (exact) mass is 489 g/mol. The van der Waals surface area contributed by atoms with E-state index in [4.69, 9.17) is 21.1 Å². The molecule has 1 unspecified atom stereocenters. The summed E-state index contributed by atoms with van der Waals surface area (Å²) in [6, 6.07) is 23.2. The van der Waals surface area contributed by atoms with E-state index < -0.39 is 23.8 Å². The molecule has 0 fully saturated rings. The van der Waals surface area contributed by atoms with Crippen LogP contribution in [0.2, 0.25) is 5.02 Å². The second-order valence-corrected chi connectivity index (χ2v) is 8.77. The first-order valence-electron chi connectivity index (χ1n) is 11.7. The lowest BCUT2D eigenvalue weighted by Gasteiger charge is -2.26. The molecule has 0 amide bonds. The minimum absolute atomic E-state index is 0.160. The molecule has 0 aliphatic heterocycles. The third-order valence-electron chi connectivity index (χ3n) is 6.04. The number of carbonyl (C=O) groups excluding carboxylic acids is 2. The fourth-order valence-corrected chi connectivity index (χ4v) is 4.59. The predicted octanol–water partition coefficient (Wildman–Crippen LogP) is 6.67. The largest absolute Gasteiger partial charge is 0.465 e. The lowest BCUT2D eigenvalue weighted by atomic mass is 9.78. The highest BCUT2D eigenvalue weighted by Crippen LogP contribution is 2.43. The van der Waals surface area contributed by atoms with Gasteiger partial charge in [-0.2, -0.15) is 0 Å². The van der Waals surface area contributed by atoms with Crippen LogP contribution in [-0.2, 0) is 19.1 Å². The molecule has 5 nitrogen and oxygen atoms in total. The number of nitrogens with one attached hydrogen (secondary N) is 1. The maximum absolute atomic E-state index is 13.3. The molecule has 4 rings (SSSR count). The Labute approximate surface area is 210 Å². The van der Waals surface area contributed by atoms with Crippen molar-refractivity contribution >= 4 is 34.4 Å². The van der Waals surface area contributed by atoms with Crippen molar-refractivity contribution in [2.75, 3.05) is 13.2 Å². The summed E-state index contributed by atoms with van der Waals surface area (Å²) < 4.78 is 10.8. The molecule has 0 saturated carbocycles. The third kappa shape index (κ3) is 5.10. The summed E-state index contributed by atoms with van der Waals surface area (Å²) in [4.78, 5) is 30.1. The lowest BCUT2D eigenvalue weighted by Crippen LogP contribution is -2.34. The maximum Gasteiger partial charge on any atom is 0.321 e. The van der Waals surface area contributed by atoms with E-state index >= 15 is 0 Å². The van der Waals surface area contributed by atoms with E-state index in [2.05, 4.69) is 4.98 Å². The van der Waals surface area contributed by atoms with Crippen LogP contribution in [0.15, 0.2) is 72.8 Å². The van der Waals surface area contributed by atoms with E-state index in [0.717, 1.165) is 38.9 Å². The fraction of sp³-hybridized carbons (Fsp3) is 0.241. The van der Waals surface area contributed by atoms with Gasteiger partial charge in [-0.05, 0) is 55.7 Å². The molecule has 1 N–H and O–H groups in total. The van der Waals surface area contributed by atoms with Crippen molar-refractivity contribution in [2.24, 2.45) is 5.92 Å². The average molecular weight is 490 g/mol. The van der Waals surface area contributed by atoms with Crippen LogP contribution in [-0.4, -0.2) is 30.1 Å². The molecule has 1 heterocycles. The summed E-state index contributed by atoms with van der Waals surface area (Å²) in [6.45, 7) is 5.77. The Bertz CT molecular complexity index is 1310. The number of ether oxygens (including phenoxy) is 2. The smallest absolute Gasteiger partial charge is 0.321 e. The highest BCUT2D eigenvalue weighted by Gasteiger charge is 2.41. The van der Waals surface area contributed by atoms with E-state index in [0.29, 0.717) is 5.02 Å². The number of hydrogen-bond acceptors (Lipinski definition) is 4. The highest BCUT2D eigenvalue weighted by molar-refractivity contribution is 6.30. The van der Waals surface area contributed by atoms with Gasteiger partial charge in [0.25, 0.3) is 0 Å². The van der Waals surface area contributed by atoms with Crippen molar-refractivity contribution in [3.63, 3.8) is 0 Å². The topological polar surface area (TPSA) is 68.4 Å². The van der Waals surface area contributed by atoms with Gasteiger partial charge < -0.3 is 14.5 Å². The van der Waals surface area contributed by atoms with Crippen LogP contribution in [0.3, 0.4) is 0 Å². The van der Waals surface area contributed by atoms with Gasteiger partial charge in [-0.15, -0.1) is 0 Å². The Morgan fingerprint density at radius 1 is 0.857 bits per heavy atom. The van der Waals surface area contributed by atoms with Crippen molar-refractivity contribution in [3.05, 3.63) is 94.5 Å². The summed E-state index contributed by atoms with van der Waals surface area (Å²) in [5.41, 5.74) is 5.33. The molecule has 0 saturated heterocycles. The van der Waals surface area contributed by atoms with E-state index in [-0.39, 0.29) is 13.2 Å². The van der Waals surface area contributed by atoms with Crippen LogP contribution in [0.5, 0.6) is 0 Å². The number of benzene rings is 3. The minimum atomic E-state index is -1.18. The van der Waals surface area contributed by atoms with Crippen LogP contribution in [0.1, 0.15) is 36.5 Å². The van der Waals surface area contributed by atoms with E-state index in [1.54, 1.807) is 13.8 Å². The molecule has 0 aliphatic rings. The normalized spacial score (nSPS) is 12.0. The Balaban J connectivity index is 2.04. The maximum atomic E-state index is 13.3. The molecular weight excluding hydrogens is 462 g/mol. The zero-order valence-electron chi connectivity index (χ0n) is 20.0. The van der Waals surface area contributed by atoms with Crippen LogP contribution in [0.4, 0.5) is 0 Å². The molecular formula is C29H28ClNO4. The molecule has 3 aromatic carbocycles. The summed E-state index contributed by atoms with van der Waals surface area (Å²) in [6.07, 6.45) is 0. The second-order valence-electron chi connectivity index (χ2n) is 8.34. The summed E-state index contributed by atoms with van der Waals surface area (Å²) in [5.74, 6) is -3.04. The first-order valence-corrected chi connectivity index (χ1v) is 12.1. The zero-order valence-corrected chi connectivity index (χ0v) is 20.8. The van der Waals surface area contributed by atoms with E-state index in [1.807, 2.05) is 79.7 Å². The molecule has 0 spiro atoms. The summed E-state index contributed by atoms with van der Waals surface area (Å²) in [5, 5.41) is 1.54. The van der Waals surface area contributed by atoms with Gasteiger partial charge >= 0.3 is 11.9 Å². The first kappa shape index (κ1) is 24.6. The van der Waals surface area contributed by atoms with E-state index in [1.165, 1.54) is 0 Å². The number of H-pyrrole nitrogens is 1. The van der Waals surface area contributed by atoms with Gasteiger partial charge in [0.1, 0.15) is 0 Å². The number of aromatic nitrogens is 1. The van der Waals surface area contributed by atoms with Gasteiger partial charge in [0.15, 0.2) is 5.92 Å². The van der Waals surface area contributed by atoms with Crippen LogP contribution in [0.25, 0.3) is 22.2 Å². The molecule has 0 aliphatic carbocycles. The minimum Gasteiger partial charge on any atom is -0.465 e. The lowest BCUT2D eigenvalue weighted by molar-refractivity contribution is -0.162. The number of fused-ring (bicyclic) bond motifs is 1. The van der Waals surface area contributed by atoms with Crippen LogP contribution in [0, 0.1) is 12.8 Å². The van der Waals surface area contributed by atoms with Gasteiger partial charge in [-0.1, -0.05) is 71.8 Å². The number of halogens is 1. The second kappa shape index (κ2) is 10.8. The number of carbonyl (C=O) groups is 2. The predicted molar refractivity (Wildman–Crippen MR) is 139 cm³/mol. The zero-order chi connectivity index (χ0) is 24.9. The van der Waals surface area contributed by atoms with Gasteiger partial charge in [-0.3, -0.25) is 9.59 Å². The quantitative estimate of drug-likeness (QED) is 0.221. The number of hydrogen-bond donors (Lipinski definition) is 1. The number of esters is 2. The summed E-state index contributed by atoms with van der Waals surface area (Å²) in [7, 11) is 0. The van der Waals surface area contributed by atoms with Crippen molar-refractivity contribution in [1.82, 2.24) is 4.98 Å². The fourth-order valence-electron chi connectivity index (χ4n) is 4.46. The Kier molecular flexibility index (Phi) is 7.57. The summed E-state index contributed by atoms with van der Waals surface area (Å²) >= 11 is 6.16. The van der Waals surface area contributed by atoms with Gasteiger partial charge in [0, 0.05) is 21.8 Å². The molecule has 180 valence electrons. The molecule has 6 heteroatoms. The van der Waals surface area contributed by atoms with E-state index in [9.17, 15) is 9.59 Å². The molecule has 1 aromatic heterocycles. The SMILES string of the molecule is CCOC(=O)C(C(=O)OCC)C(c1ccc(C)cc1)c1c(-c2ccc(Cl)cc2)[nH]c2ccccc12. The van der Waals surface area contributed by atoms with Crippen LogP contribution < -0.4 is 0 Å². The van der Waals surface area contributed by atoms with Gasteiger partial charge in [0.05, 0.1) is 18.9 Å². The molecule has 0 bridgehead atoms.